The lowest BCUT2D eigenvalue weighted by Gasteiger charge is -2.23. The first-order valence-electron chi connectivity index (χ1n) is 7.01. The molecular weight excluding hydrogens is 320 g/mol. The summed E-state index contributed by atoms with van der Waals surface area (Å²) in [4.78, 5) is 11.9. The van der Waals surface area contributed by atoms with Crippen molar-refractivity contribution < 1.29 is 9.53 Å². The summed E-state index contributed by atoms with van der Waals surface area (Å²) in [6.07, 6.45) is 1.82. The molecule has 1 atom stereocenters. The highest BCUT2D eigenvalue weighted by atomic mass is 79.9. The van der Waals surface area contributed by atoms with Gasteiger partial charge < -0.3 is 15.4 Å². The maximum absolute atomic E-state index is 11.9. The maximum Gasteiger partial charge on any atom is 0.234 e. The minimum absolute atomic E-state index is 0.0564. The smallest absolute Gasteiger partial charge is 0.234 e. The second-order valence-electron chi connectivity index (χ2n) is 5.11. The van der Waals surface area contributed by atoms with Gasteiger partial charge in [-0.15, -0.1) is 0 Å². The number of ether oxygens (including phenoxy) is 1. The fourth-order valence-corrected chi connectivity index (χ4v) is 2.50. The molecule has 1 aliphatic heterocycles. The van der Waals surface area contributed by atoms with Crippen molar-refractivity contribution in [3.05, 3.63) is 34.3 Å². The average molecular weight is 341 g/mol. The standard InChI is InChI=1S/C15H21BrN2O2/c1-11(12-2-4-13(16)5-3-12)17-10-15(19)18-14-6-8-20-9-7-14/h2-5,11,14,17H,6-10H2,1H3,(H,18,19)/t11-/m1/s1. The molecule has 2 rings (SSSR count). The minimum Gasteiger partial charge on any atom is -0.381 e. The van der Waals surface area contributed by atoms with E-state index >= 15 is 0 Å². The quantitative estimate of drug-likeness (QED) is 0.865. The van der Waals surface area contributed by atoms with E-state index in [1.165, 1.54) is 5.56 Å². The summed E-state index contributed by atoms with van der Waals surface area (Å²) in [5.74, 6) is 0.0564. The first kappa shape index (κ1) is 15.5. The van der Waals surface area contributed by atoms with Crippen LogP contribution in [0.3, 0.4) is 0 Å². The Hall–Kier alpha value is -0.910. The zero-order valence-electron chi connectivity index (χ0n) is 11.7. The molecule has 0 radical (unpaired) electrons. The zero-order valence-corrected chi connectivity index (χ0v) is 13.3. The van der Waals surface area contributed by atoms with Gasteiger partial charge in [-0.2, -0.15) is 0 Å². The molecule has 0 aromatic heterocycles. The van der Waals surface area contributed by atoms with Crippen LogP contribution in [0.2, 0.25) is 0 Å². The lowest BCUT2D eigenvalue weighted by atomic mass is 10.1. The molecule has 1 saturated heterocycles. The van der Waals surface area contributed by atoms with Crippen LogP contribution >= 0.6 is 15.9 Å². The van der Waals surface area contributed by atoms with Gasteiger partial charge in [0.05, 0.1) is 6.54 Å². The molecule has 0 unspecified atom stereocenters. The number of rotatable bonds is 5. The number of carbonyl (C=O) groups is 1. The number of benzene rings is 1. The van der Waals surface area contributed by atoms with Crippen LogP contribution < -0.4 is 10.6 Å². The number of amides is 1. The monoisotopic (exact) mass is 340 g/mol. The molecule has 0 bridgehead atoms. The number of hydrogen-bond donors (Lipinski definition) is 2. The molecule has 0 spiro atoms. The van der Waals surface area contributed by atoms with Gasteiger partial charge in [-0.05, 0) is 37.5 Å². The lowest BCUT2D eigenvalue weighted by Crippen LogP contribution is -2.43. The van der Waals surface area contributed by atoms with Crippen molar-refractivity contribution in [2.75, 3.05) is 19.8 Å². The van der Waals surface area contributed by atoms with Crippen LogP contribution in [0.15, 0.2) is 28.7 Å². The third-order valence-corrected chi connectivity index (χ3v) is 4.05. The largest absolute Gasteiger partial charge is 0.381 e. The third-order valence-electron chi connectivity index (χ3n) is 3.53. The second-order valence-corrected chi connectivity index (χ2v) is 6.02. The van der Waals surface area contributed by atoms with E-state index in [9.17, 15) is 4.79 Å². The van der Waals surface area contributed by atoms with Crippen molar-refractivity contribution >= 4 is 21.8 Å². The van der Waals surface area contributed by atoms with E-state index in [-0.39, 0.29) is 18.0 Å². The predicted octanol–water partition coefficient (Wildman–Crippen LogP) is 2.39. The number of carbonyl (C=O) groups excluding carboxylic acids is 1. The van der Waals surface area contributed by atoms with E-state index in [4.69, 9.17) is 4.74 Å². The molecule has 1 amide bonds. The first-order chi connectivity index (χ1) is 9.65. The molecule has 110 valence electrons. The van der Waals surface area contributed by atoms with Crippen LogP contribution in [-0.2, 0) is 9.53 Å². The zero-order chi connectivity index (χ0) is 14.4. The second kappa shape index (κ2) is 7.76. The normalized spacial score (nSPS) is 17.7. The summed E-state index contributed by atoms with van der Waals surface area (Å²) in [5.41, 5.74) is 1.17. The van der Waals surface area contributed by atoms with Crippen LogP contribution in [0.5, 0.6) is 0 Å². The van der Waals surface area contributed by atoms with Crippen molar-refractivity contribution in [1.82, 2.24) is 10.6 Å². The molecular formula is C15H21BrN2O2. The van der Waals surface area contributed by atoms with Crippen molar-refractivity contribution in [3.8, 4) is 0 Å². The highest BCUT2D eigenvalue weighted by Gasteiger charge is 2.16. The Labute approximate surface area is 128 Å². The van der Waals surface area contributed by atoms with Crippen LogP contribution in [0.1, 0.15) is 31.4 Å². The van der Waals surface area contributed by atoms with Gasteiger partial charge >= 0.3 is 0 Å². The number of halogens is 1. The van der Waals surface area contributed by atoms with Crippen LogP contribution in [0, 0.1) is 0 Å². The Morgan fingerprint density at radius 2 is 2.00 bits per heavy atom. The summed E-state index contributed by atoms with van der Waals surface area (Å²) >= 11 is 3.42. The van der Waals surface area contributed by atoms with E-state index in [1.807, 2.05) is 12.1 Å². The van der Waals surface area contributed by atoms with E-state index in [1.54, 1.807) is 0 Å². The molecule has 1 aromatic rings. The molecule has 0 saturated carbocycles. The Balaban J connectivity index is 1.73. The van der Waals surface area contributed by atoms with Gasteiger partial charge in [-0.25, -0.2) is 0 Å². The van der Waals surface area contributed by atoms with Crippen molar-refractivity contribution in [1.29, 1.82) is 0 Å². The Morgan fingerprint density at radius 1 is 1.35 bits per heavy atom. The first-order valence-corrected chi connectivity index (χ1v) is 7.80. The molecule has 1 heterocycles. The van der Waals surface area contributed by atoms with Gasteiger partial charge in [0.2, 0.25) is 5.91 Å². The summed E-state index contributed by atoms with van der Waals surface area (Å²) in [6, 6.07) is 8.55. The minimum atomic E-state index is 0.0564. The molecule has 1 fully saturated rings. The molecule has 2 N–H and O–H groups in total. The SMILES string of the molecule is C[C@@H](NCC(=O)NC1CCOCC1)c1ccc(Br)cc1. The Kier molecular flexibility index (Phi) is 6.01. The van der Waals surface area contributed by atoms with Gasteiger partial charge in [-0.1, -0.05) is 28.1 Å². The van der Waals surface area contributed by atoms with Crippen molar-refractivity contribution in [2.45, 2.75) is 31.8 Å². The number of nitrogens with one attached hydrogen (secondary N) is 2. The fraction of sp³-hybridized carbons (Fsp3) is 0.533. The van der Waals surface area contributed by atoms with Crippen LogP contribution in [0.4, 0.5) is 0 Å². The van der Waals surface area contributed by atoms with Crippen molar-refractivity contribution in [3.63, 3.8) is 0 Å². The molecule has 20 heavy (non-hydrogen) atoms. The summed E-state index contributed by atoms with van der Waals surface area (Å²) in [5, 5.41) is 6.29. The Morgan fingerprint density at radius 3 is 2.65 bits per heavy atom. The van der Waals surface area contributed by atoms with E-state index in [0.717, 1.165) is 30.5 Å². The van der Waals surface area contributed by atoms with E-state index in [2.05, 4.69) is 45.6 Å². The third kappa shape index (κ3) is 4.89. The van der Waals surface area contributed by atoms with Gasteiger partial charge in [0.1, 0.15) is 0 Å². The fourth-order valence-electron chi connectivity index (χ4n) is 2.24. The summed E-state index contributed by atoms with van der Waals surface area (Å²) in [7, 11) is 0. The predicted molar refractivity (Wildman–Crippen MR) is 82.5 cm³/mol. The van der Waals surface area contributed by atoms with Gasteiger partial charge in [-0.3, -0.25) is 4.79 Å². The molecule has 4 nitrogen and oxygen atoms in total. The van der Waals surface area contributed by atoms with Gasteiger partial charge in [0.15, 0.2) is 0 Å². The highest BCUT2D eigenvalue weighted by molar-refractivity contribution is 9.10. The number of hydrogen-bond acceptors (Lipinski definition) is 3. The van der Waals surface area contributed by atoms with Gasteiger partial charge in [0, 0.05) is 29.8 Å². The van der Waals surface area contributed by atoms with E-state index < -0.39 is 0 Å². The Bertz CT molecular complexity index is 430. The molecule has 0 aliphatic carbocycles. The van der Waals surface area contributed by atoms with Crippen molar-refractivity contribution in [2.24, 2.45) is 0 Å². The van der Waals surface area contributed by atoms with Crippen LogP contribution in [-0.4, -0.2) is 31.7 Å². The summed E-state index contributed by atoms with van der Waals surface area (Å²) in [6.45, 7) is 3.89. The van der Waals surface area contributed by atoms with E-state index in [0.29, 0.717) is 6.54 Å². The molecule has 1 aromatic carbocycles. The maximum atomic E-state index is 11.9. The average Bonchev–Trinajstić information content (AvgIpc) is 2.46. The molecule has 1 aliphatic rings. The topological polar surface area (TPSA) is 50.4 Å². The lowest BCUT2D eigenvalue weighted by molar-refractivity contribution is -0.121. The van der Waals surface area contributed by atoms with Gasteiger partial charge in [0.25, 0.3) is 0 Å². The highest BCUT2D eigenvalue weighted by Crippen LogP contribution is 2.16. The molecule has 5 heteroatoms. The summed E-state index contributed by atoms with van der Waals surface area (Å²) < 4.78 is 6.34. The van der Waals surface area contributed by atoms with Crippen LogP contribution in [0.25, 0.3) is 0 Å².